The van der Waals surface area contributed by atoms with Crippen LogP contribution in [0.15, 0.2) is 24.3 Å². The molecule has 1 saturated carbocycles. The number of para-hydroxylation sites is 1. The Morgan fingerprint density at radius 1 is 1.12 bits per heavy atom. The van der Waals surface area contributed by atoms with Gasteiger partial charge in [-0.2, -0.15) is 0 Å². The molecule has 2 amide bonds. The van der Waals surface area contributed by atoms with Gasteiger partial charge in [0.05, 0.1) is 30.2 Å². The van der Waals surface area contributed by atoms with Crippen molar-refractivity contribution in [2.24, 2.45) is 11.8 Å². The molecule has 2 unspecified atom stereocenters. The van der Waals surface area contributed by atoms with Crippen LogP contribution in [-0.4, -0.2) is 42.9 Å². The summed E-state index contributed by atoms with van der Waals surface area (Å²) < 4.78 is 4.73. The van der Waals surface area contributed by atoms with Crippen LogP contribution >= 0.6 is 0 Å². The van der Waals surface area contributed by atoms with Crippen molar-refractivity contribution in [1.82, 2.24) is 4.90 Å². The zero-order valence-corrected chi connectivity index (χ0v) is 15.1. The number of benzene rings is 1. The molecule has 0 heterocycles. The van der Waals surface area contributed by atoms with E-state index in [1.54, 1.807) is 24.3 Å². The number of nitrogens with one attached hydrogen (secondary N) is 1. The van der Waals surface area contributed by atoms with Crippen molar-refractivity contribution in [3.63, 3.8) is 0 Å². The molecule has 0 radical (unpaired) electrons. The SMILES string of the molecule is CCCN(CCC)C(=O)C1CC1C(=O)Nc1ccccc1C(=O)OC. The predicted octanol–water partition coefficient (Wildman–Crippen LogP) is 2.70. The highest BCUT2D eigenvalue weighted by Crippen LogP contribution is 2.41. The van der Waals surface area contributed by atoms with Crippen molar-refractivity contribution in [2.75, 3.05) is 25.5 Å². The Hall–Kier alpha value is -2.37. The molecule has 6 heteroatoms. The first-order chi connectivity index (χ1) is 12.0. The van der Waals surface area contributed by atoms with Gasteiger partial charge >= 0.3 is 5.97 Å². The van der Waals surface area contributed by atoms with Crippen molar-refractivity contribution in [2.45, 2.75) is 33.1 Å². The molecule has 1 aliphatic carbocycles. The Bertz CT molecular complexity index is 638. The number of amides is 2. The lowest BCUT2D eigenvalue weighted by molar-refractivity contribution is -0.134. The Morgan fingerprint density at radius 2 is 1.76 bits per heavy atom. The molecule has 136 valence electrons. The van der Waals surface area contributed by atoms with Crippen LogP contribution in [0.25, 0.3) is 0 Å². The van der Waals surface area contributed by atoms with Gasteiger partial charge in [-0.25, -0.2) is 4.79 Å². The average molecular weight is 346 g/mol. The highest BCUT2D eigenvalue weighted by molar-refractivity contribution is 6.04. The van der Waals surface area contributed by atoms with E-state index in [1.165, 1.54) is 7.11 Å². The number of carbonyl (C=O) groups excluding carboxylic acids is 3. The van der Waals surface area contributed by atoms with Crippen LogP contribution in [0.4, 0.5) is 5.69 Å². The van der Waals surface area contributed by atoms with Gasteiger partial charge in [0.1, 0.15) is 0 Å². The first-order valence-corrected chi connectivity index (χ1v) is 8.80. The smallest absolute Gasteiger partial charge is 0.339 e. The minimum Gasteiger partial charge on any atom is -0.465 e. The van der Waals surface area contributed by atoms with E-state index >= 15 is 0 Å². The van der Waals surface area contributed by atoms with Gasteiger partial charge in [0.25, 0.3) is 0 Å². The molecule has 1 aromatic carbocycles. The molecule has 2 atom stereocenters. The summed E-state index contributed by atoms with van der Waals surface area (Å²) in [5.41, 5.74) is 0.719. The van der Waals surface area contributed by atoms with Gasteiger partial charge in [-0.1, -0.05) is 26.0 Å². The van der Waals surface area contributed by atoms with E-state index in [1.807, 2.05) is 18.7 Å². The van der Waals surface area contributed by atoms with Gasteiger partial charge in [0.2, 0.25) is 11.8 Å². The Balaban J connectivity index is 2.00. The predicted molar refractivity (Wildman–Crippen MR) is 95.2 cm³/mol. The lowest BCUT2D eigenvalue weighted by Crippen LogP contribution is -2.34. The van der Waals surface area contributed by atoms with Crippen molar-refractivity contribution in [3.05, 3.63) is 29.8 Å². The second-order valence-corrected chi connectivity index (χ2v) is 6.30. The standard InChI is InChI=1S/C19H26N2O4/c1-4-10-21(11-5-2)18(23)15-12-14(15)17(22)20-16-9-7-6-8-13(16)19(24)25-3/h6-9,14-15H,4-5,10-12H2,1-3H3,(H,20,22). The van der Waals surface area contributed by atoms with E-state index in [2.05, 4.69) is 5.32 Å². The van der Waals surface area contributed by atoms with Crippen molar-refractivity contribution < 1.29 is 19.1 Å². The fourth-order valence-electron chi connectivity index (χ4n) is 2.97. The van der Waals surface area contributed by atoms with E-state index in [-0.39, 0.29) is 23.7 Å². The molecule has 25 heavy (non-hydrogen) atoms. The highest BCUT2D eigenvalue weighted by Gasteiger charge is 2.49. The monoisotopic (exact) mass is 346 g/mol. The number of carbonyl (C=O) groups is 3. The van der Waals surface area contributed by atoms with E-state index < -0.39 is 5.97 Å². The van der Waals surface area contributed by atoms with Crippen LogP contribution in [0.5, 0.6) is 0 Å². The number of rotatable bonds is 8. The molecule has 6 nitrogen and oxygen atoms in total. The molecule has 0 bridgehead atoms. The van der Waals surface area contributed by atoms with E-state index in [9.17, 15) is 14.4 Å². The molecular weight excluding hydrogens is 320 g/mol. The Morgan fingerprint density at radius 3 is 2.36 bits per heavy atom. The molecule has 0 aliphatic heterocycles. The number of ether oxygens (including phenoxy) is 1. The first-order valence-electron chi connectivity index (χ1n) is 8.80. The van der Waals surface area contributed by atoms with Crippen LogP contribution in [0.1, 0.15) is 43.5 Å². The summed E-state index contributed by atoms with van der Waals surface area (Å²) >= 11 is 0. The molecule has 0 spiro atoms. The summed E-state index contributed by atoms with van der Waals surface area (Å²) in [6.07, 6.45) is 2.37. The summed E-state index contributed by atoms with van der Waals surface area (Å²) in [6.45, 7) is 5.53. The second kappa shape index (κ2) is 8.65. The topological polar surface area (TPSA) is 75.7 Å². The van der Waals surface area contributed by atoms with Gasteiger partial charge in [0, 0.05) is 13.1 Å². The first kappa shape index (κ1) is 19.0. The lowest BCUT2D eigenvalue weighted by Gasteiger charge is -2.21. The minimum atomic E-state index is -0.503. The average Bonchev–Trinajstić information content (AvgIpc) is 3.41. The number of hydrogen-bond donors (Lipinski definition) is 1. The molecular formula is C19H26N2O4. The number of anilines is 1. The van der Waals surface area contributed by atoms with Gasteiger partial charge in [-0.15, -0.1) is 0 Å². The zero-order valence-electron chi connectivity index (χ0n) is 15.1. The van der Waals surface area contributed by atoms with Crippen LogP contribution < -0.4 is 5.32 Å². The molecule has 1 aromatic rings. The minimum absolute atomic E-state index is 0.0603. The fraction of sp³-hybridized carbons (Fsp3) is 0.526. The summed E-state index contributed by atoms with van der Waals surface area (Å²) in [4.78, 5) is 38.6. The number of esters is 1. The number of methoxy groups -OCH3 is 1. The summed E-state index contributed by atoms with van der Waals surface area (Å²) in [6, 6.07) is 6.70. The van der Waals surface area contributed by atoms with Crippen molar-refractivity contribution in [3.8, 4) is 0 Å². The number of hydrogen-bond acceptors (Lipinski definition) is 4. The Labute approximate surface area is 148 Å². The molecule has 1 aliphatic rings. The largest absolute Gasteiger partial charge is 0.465 e. The third kappa shape index (κ3) is 4.59. The van der Waals surface area contributed by atoms with Gasteiger partial charge < -0.3 is 15.0 Å². The summed E-state index contributed by atoms with van der Waals surface area (Å²) in [5.74, 6) is -1.23. The van der Waals surface area contributed by atoms with Gasteiger partial charge in [-0.3, -0.25) is 9.59 Å². The van der Waals surface area contributed by atoms with E-state index in [4.69, 9.17) is 4.74 Å². The molecule has 0 saturated heterocycles. The second-order valence-electron chi connectivity index (χ2n) is 6.30. The molecule has 2 rings (SSSR count). The van der Waals surface area contributed by atoms with Crippen LogP contribution in [-0.2, 0) is 14.3 Å². The zero-order chi connectivity index (χ0) is 18.4. The van der Waals surface area contributed by atoms with Crippen molar-refractivity contribution >= 4 is 23.5 Å². The van der Waals surface area contributed by atoms with E-state index in [0.717, 1.165) is 25.9 Å². The summed E-state index contributed by atoms with van der Waals surface area (Å²) in [5, 5.41) is 2.76. The number of nitrogens with zero attached hydrogens (tertiary/aromatic N) is 1. The van der Waals surface area contributed by atoms with E-state index in [0.29, 0.717) is 17.7 Å². The molecule has 1 N–H and O–H groups in total. The highest BCUT2D eigenvalue weighted by atomic mass is 16.5. The Kier molecular flexibility index (Phi) is 6.56. The molecule has 1 fully saturated rings. The maximum atomic E-state index is 12.5. The van der Waals surface area contributed by atoms with Gasteiger partial charge in [-0.05, 0) is 31.4 Å². The van der Waals surface area contributed by atoms with Crippen LogP contribution in [0, 0.1) is 11.8 Å². The molecule has 0 aromatic heterocycles. The fourth-order valence-corrected chi connectivity index (χ4v) is 2.97. The quantitative estimate of drug-likeness (QED) is 0.734. The maximum Gasteiger partial charge on any atom is 0.339 e. The lowest BCUT2D eigenvalue weighted by atomic mass is 10.1. The third-order valence-corrected chi connectivity index (χ3v) is 4.33. The van der Waals surface area contributed by atoms with Gasteiger partial charge in [0.15, 0.2) is 0 Å². The van der Waals surface area contributed by atoms with Crippen LogP contribution in [0.3, 0.4) is 0 Å². The summed E-state index contributed by atoms with van der Waals surface area (Å²) in [7, 11) is 1.30. The van der Waals surface area contributed by atoms with Crippen LogP contribution in [0.2, 0.25) is 0 Å². The normalized spacial score (nSPS) is 18.4. The van der Waals surface area contributed by atoms with Crippen molar-refractivity contribution in [1.29, 1.82) is 0 Å². The maximum absolute atomic E-state index is 12.5. The third-order valence-electron chi connectivity index (χ3n) is 4.33.